The van der Waals surface area contributed by atoms with Gasteiger partial charge in [0, 0.05) is 30.6 Å². The number of nitrogens with one attached hydrogen (secondary N) is 1. The average Bonchev–Trinajstić information content (AvgIpc) is 3.15. The minimum Gasteiger partial charge on any atom is -0.353 e. The van der Waals surface area contributed by atoms with E-state index in [0.717, 1.165) is 49.7 Å². The molecule has 1 N–H and O–H groups in total. The van der Waals surface area contributed by atoms with Crippen molar-refractivity contribution in [1.29, 1.82) is 0 Å². The average molecular weight is 467 g/mol. The first kappa shape index (κ1) is 21.4. The SMILES string of the molecule is Cc1cc2c(s1)Nc1ccccc1N=C2N1CCN(C)C(CCc2cccc3ccccc23)C1. The summed E-state index contributed by atoms with van der Waals surface area (Å²) in [5.41, 5.74) is 4.78. The fourth-order valence-electron chi connectivity index (χ4n) is 5.27. The largest absolute Gasteiger partial charge is 0.353 e. The van der Waals surface area contributed by atoms with Gasteiger partial charge < -0.3 is 10.2 Å². The third-order valence-corrected chi connectivity index (χ3v) is 8.14. The summed E-state index contributed by atoms with van der Waals surface area (Å²) < 4.78 is 0. The zero-order chi connectivity index (χ0) is 23.1. The molecular formula is C29H30N4S. The molecular weight excluding hydrogens is 436 g/mol. The number of hydrogen-bond donors (Lipinski definition) is 1. The van der Waals surface area contributed by atoms with E-state index in [1.54, 1.807) is 0 Å². The second-order valence-electron chi connectivity index (χ2n) is 9.43. The fourth-order valence-corrected chi connectivity index (χ4v) is 6.19. The number of anilines is 2. The van der Waals surface area contributed by atoms with Gasteiger partial charge in [-0.15, -0.1) is 11.3 Å². The summed E-state index contributed by atoms with van der Waals surface area (Å²) in [7, 11) is 2.27. The summed E-state index contributed by atoms with van der Waals surface area (Å²) in [5.74, 6) is 1.11. The maximum atomic E-state index is 5.20. The van der Waals surface area contributed by atoms with Crippen molar-refractivity contribution in [2.45, 2.75) is 25.8 Å². The van der Waals surface area contributed by atoms with Crippen LogP contribution in [0.15, 0.2) is 77.8 Å². The number of fused-ring (bicyclic) bond motifs is 3. The van der Waals surface area contributed by atoms with Crippen LogP contribution in [0.2, 0.25) is 0 Å². The van der Waals surface area contributed by atoms with Crippen molar-refractivity contribution in [1.82, 2.24) is 9.80 Å². The minimum atomic E-state index is 0.491. The summed E-state index contributed by atoms with van der Waals surface area (Å²) in [6.07, 6.45) is 2.22. The van der Waals surface area contributed by atoms with E-state index in [4.69, 9.17) is 4.99 Å². The number of amidine groups is 1. The van der Waals surface area contributed by atoms with Gasteiger partial charge in [-0.2, -0.15) is 0 Å². The molecule has 1 atom stereocenters. The van der Waals surface area contributed by atoms with Crippen LogP contribution in [0.3, 0.4) is 0 Å². The van der Waals surface area contributed by atoms with Gasteiger partial charge in [-0.05, 0) is 61.3 Å². The first-order valence-corrected chi connectivity index (χ1v) is 12.9. The van der Waals surface area contributed by atoms with Crippen LogP contribution in [0, 0.1) is 6.92 Å². The number of para-hydroxylation sites is 2. The van der Waals surface area contributed by atoms with Crippen molar-refractivity contribution >= 4 is 44.3 Å². The van der Waals surface area contributed by atoms with Gasteiger partial charge >= 0.3 is 0 Å². The van der Waals surface area contributed by atoms with Crippen LogP contribution >= 0.6 is 11.3 Å². The van der Waals surface area contributed by atoms with Crippen molar-refractivity contribution in [2.24, 2.45) is 4.99 Å². The van der Waals surface area contributed by atoms with E-state index in [-0.39, 0.29) is 0 Å². The lowest BCUT2D eigenvalue weighted by atomic mass is 9.97. The Hall–Kier alpha value is -3.15. The Labute approximate surface area is 205 Å². The Morgan fingerprint density at radius 3 is 2.76 bits per heavy atom. The third kappa shape index (κ3) is 3.99. The van der Waals surface area contributed by atoms with E-state index >= 15 is 0 Å². The van der Waals surface area contributed by atoms with E-state index in [9.17, 15) is 0 Å². The summed E-state index contributed by atoms with van der Waals surface area (Å²) in [6.45, 7) is 5.22. The minimum absolute atomic E-state index is 0.491. The number of benzene rings is 3. The Balaban J connectivity index is 1.28. The van der Waals surface area contributed by atoms with Crippen molar-refractivity contribution < 1.29 is 0 Å². The van der Waals surface area contributed by atoms with Gasteiger partial charge in [-0.25, -0.2) is 4.99 Å². The van der Waals surface area contributed by atoms with E-state index < -0.39 is 0 Å². The smallest absolute Gasteiger partial charge is 0.139 e. The van der Waals surface area contributed by atoms with Gasteiger partial charge in [0.1, 0.15) is 10.8 Å². The van der Waals surface area contributed by atoms with E-state index in [1.807, 2.05) is 11.3 Å². The molecule has 1 unspecified atom stereocenters. The monoisotopic (exact) mass is 466 g/mol. The molecule has 1 aromatic heterocycles. The molecule has 3 heterocycles. The molecule has 0 aliphatic carbocycles. The molecule has 6 rings (SSSR count). The van der Waals surface area contributed by atoms with Crippen LogP contribution < -0.4 is 5.32 Å². The molecule has 2 aliphatic heterocycles. The number of thiophene rings is 1. The Morgan fingerprint density at radius 1 is 1.00 bits per heavy atom. The number of piperazine rings is 1. The molecule has 0 saturated carbocycles. The van der Waals surface area contributed by atoms with Crippen LogP contribution in [0.4, 0.5) is 16.4 Å². The molecule has 4 nitrogen and oxygen atoms in total. The molecule has 4 aromatic rings. The number of hydrogen-bond acceptors (Lipinski definition) is 5. The van der Waals surface area contributed by atoms with Crippen LogP contribution in [0.25, 0.3) is 10.8 Å². The lowest BCUT2D eigenvalue weighted by Gasteiger charge is -2.41. The van der Waals surface area contributed by atoms with Crippen LogP contribution in [-0.4, -0.2) is 48.4 Å². The van der Waals surface area contributed by atoms with E-state index in [0.29, 0.717) is 6.04 Å². The van der Waals surface area contributed by atoms with Gasteiger partial charge in [0.2, 0.25) is 0 Å². The number of nitrogens with zero attached hydrogens (tertiary/aromatic N) is 3. The fraction of sp³-hybridized carbons (Fsp3) is 0.276. The van der Waals surface area contributed by atoms with Crippen molar-refractivity contribution in [2.75, 3.05) is 32.0 Å². The maximum absolute atomic E-state index is 5.20. The van der Waals surface area contributed by atoms with Gasteiger partial charge in [-0.3, -0.25) is 4.90 Å². The van der Waals surface area contributed by atoms with Gasteiger partial charge in [0.15, 0.2) is 0 Å². The summed E-state index contributed by atoms with van der Waals surface area (Å²) >= 11 is 1.82. The standard InChI is InChI=1S/C29H30N4S/c1-20-18-25-28(30-26-12-5-6-13-27(26)31-29(25)34-20)33-17-16-32(2)23(19-33)15-14-22-10-7-9-21-8-3-4-11-24(21)22/h3-13,18,23,31H,14-17,19H2,1-2H3. The first-order chi connectivity index (χ1) is 16.7. The lowest BCUT2D eigenvalue weighted by molar-refractivity contribution is 0.134. The molecule has 172 valence electrons. The molecule has 34 heavy (non-hydrogen) atoms. The van der Waals surface area contributed by atoms with Crippen LogP contribution in [0.1, 0.15) is 22.4 Å². The van der Waals surface area contributed by atoms with Gasteiger partial charge in [-0.1, -0.05) is 54.6 Å². The van der Waals surface area contributed by atoms with Crippen LogP contribution in [0.5, 0.6) is 0 Å². The highest BCUT2D eigenvalue weighted by molar-refractivity contribution is 7.16. The topological polar surface area (TPSA) is 30.9 Å². The second kappa shape index (κ2) is 8.90. The quantitative estimate of drug-likeness (QED) is 0.369. The number of aryl methyl sites for hydroxylation is 2. The van der Waals surface area contributed by atoms with E-state index in [1.165, 1.54) is 31.8 Å². The van der Waals surface area contributed by atoms with Gasteiger partial charge in [0.05, 0.1) is 16.9 Å². The van der Waals surface area contributed by atoms with Crippen LogP contribution in [-0.2, 0) is 6.42 Å². The van der Waals surface area contributed by atoms with Crippen molar-refractivity contribution in [3.63, 3.8) is 0 Å². The Morgan fingerprint density at radius 2 is 1.82 bits per heavy atom. The van der Waals surface area contributed by atoms with E-state index in [2.05, 4.69) is 102 Å². The molecule has 5 heteroatoms. The zero-order valence-corrected chi connectivity index (χ0v) is 20.6. The number of aliphatic imine (C=N–C) groups is 1. The third-order valence-electron chi connectivity index (χ3n) is 7.18. The molecule has 2 aliphatic rings. The number of rotatable bonds is 3. The van der Waals surface area contributed by atoms with Gasteiger partial charge in [0.25, 0.3) is 0 Å². The highest BCUT2D eigenvalue weighted by Crippen LogP contribution is 2.39. The normalized spacial score (nSPS) is 18.1. The molecule has 0 spiro atoms. The second-order valence-corrected chi connectivity index (χ2v) is 10.7. The first-order valence-electron chi connectivity index (χ1n) is 12.1. The summed E-state index contributed by atoms with van der Waals surface area (Å²) in [4.78, 5) is 11.6. The van der Waals surface area contributed by atoms with Crippen molar-refractivity contribution in [3.05, 3.63) is 88.8 Å². The lowest BCUT2D eigenvalue weighted by Crippen LogP contribution is -2.53. The predicted molar refractivity (Wildman–Crippen MR) is 145 cm³/mol. The maximum Gasteiger partial charge on any atom is 0.139 e. The zero-order valence-electron chi connectivity index (χ0n) is 19.8. The Kier molecular flexibility index (Phi) is 5.60. The highest BCUT2D eigenvalue weighted by Gasteiger charge is 2.30. The highest BCUT2D eigenvalue weighted by atomic mass is 32.1. The molecule has 0 amide bonds. The molecule has 3 aromatic carbocycles. The number of likely N-dealkylation sites (N-methyl/N-ethyl adjacent to an activating group) is 1. The van der Waals surface area contributed by atoms with Crippen molar-refractivity contribution in [3.8, 4) is 0 Å². The summed E-state index contributed by atoms with van der Waals surface area (Å²) in [5, 5.41) is 7.56. The molecule has 0 radical (unpaired) electrons. The summed E-state index contributed by atoms with van der Waals surface area (Å²) in [6, 6.07) is 26.6. The molecule has 0 bridgehead atoms. The molecule has 1 saturated heterocycles. The molecule has 1 fully saturated rings. The predicted octanol–water partition coefficient (Wildman–Crippen LogP) is 6.59. The Bertz CT molecular complexity index is 1370.